The molecule has 144 valence electrons. The van der Waals surface area contributed by atoms with Crippen LogP contribution in [0.15, 0.2) is 12.4 Å². The van der Waals surface area contributed by atoms with Crippen LogP contribution in [0.5, 0.6) is 0 Å². The van der Waals surface area contributed by atoms with E-state index in [1.807, 2.05) is 11.1 Å². The van der Waals surface area contributed by atoms with Gasteiger partial charge in [-0.05, 0) is 44.4 Å². The van der Waals surface area contributed by atoms with E-state index in [4.69, 9.17) is 9.47 Å². The molecule has 1 aliphatic carbocycles. The molecule has 0 spiro atoms. The molecule has 2 aliphatic heterocycles. The zero-order valence-electron chi connectivity index (χ0n) is 15.6. The first-order valence-electron chi connectivity index (χ1n) is 10.3. The van der Waals surface area contributed by atoms with Crippen LogP contribution in [-0.2, 0) is 20.8 Å². The van der Waals surface area contributed by atoms with Crippen molar-refractivity contribution < 1.29 is 14.3 Å². The van der Waals surface area contributed by atoms with Gasteiger partial charge in [-0.25, -0.2) is 4.98 Å². The van der Waals surface area contributed by atoms with Crippen molar-refractivity contribution >= 4 is 5.91 Å². The first-order chi connectivity index (χ1) is 12.8. The van der Waals surface area contributed by atoms with Gasteiger partial charge in [0.1, 0.15) is 12.4 Å². The molecule has 3 aliphatic rings. The molecular formula is C20H31N3O3. The second-order valence-corrected chi connectivity index (χ2v) is 8.04. The Morgan fingerprint density at radius 3 is 2.73 bits per heavy atom. The lowest BCUT2D eigenvalue weighted by molar-refractivity contribution is -0.138. The summed E-state index contributed by atoms with van der Waals surface area (Å²) in [7, 11) is 0. The number of hydrogen-bond acceptors (Lipinski definition) is 4. The van der Waals surface area contributed by atoms with Gasteiger partial charge in [0.2, 0.25) is 5.91 Å². The van der Waals surface area contributed by atoms with Crippen LogP contribution in [0.2, 0.25) is 0 Å². The van der Waals surface area contributed by atoms with Gasteiger partial charge in [0, 0.05) is 44.6 Å². The lowest BCUT2D eigenvalue weighted by atomic mass is 9.85. The highest BCUT2D eigenvalue weighted by Gasteiger charge is 2.28. The monoisotopic (exact) mass is 361 g/mol. The minimum atomic E-state index is 0.110. The molecule has 2 saturated heterocycles. The van der Waals surface area contributed by atoms with Crippen molar-refractivity contribution in [3.8, 4) is 0 Å². The maximum atomic E-state index is 12.4. The molecule has 1 atom stereocenters. The fraction of sp³-hybridized carbons (Fsp3) is 0.800. The number of aromatic nitrogens is 2. The molecule has 1 aromatic rings. The second kappa shape index (κ2) is 8.53. The van der Waals surface area contributed by atoms with E-state index in [0.29, 0.717) is 12.5 Å². The van der Waals surface area contributed by atoms with Crippen LogP contribution in [0.1, 0.15) is 56.7 Å². The average molecular weight is 361 g/mol. The van der Waals surface area contributed by atoms with E-state index in [1.165, 1.54) is 25.1 Å². The van der Waals surface area contributed by atoms with Crippen LogP contribution in [0.4, 0.5) is 0 Å². The Hall–Kier alpha value is -1.40. The van der Waals surface area contributed by atoms with Crippen molar-refractivity contribution in [2.45, 2.75) is 63.5 Å². The van der Waals surface area contributed by atoms with Gasteiger partial charge in [-0.2, -0.15) is 0 Å². The number of carbonyl (C=O) groups excluding carboxylic acids is 1. The summed E-state index contributed by atoms with van der Waals surface area (Å²) >= 11 is 0. The van der Waals surface area contributed by atoms with Crippen molar-refractivity contribution in [3.63, 3.8) is 0 Å². The molecule has 26 heavy (non-hydrogen) atoms. The van der Waals surface area contributed by atoms with E-state index in [9.17, 15) is 4.79 Å². The van der Waals surface area contributed by atoms with Crippen LogP contribution in [-0.4, -0.2) is 59.4 Å². The van der Waals surface area contributed by atoms with E-state index in [2.05, 4.69) is 15.7 Å². The molecule has 1 saturated carbocycles. The van der Waals surface area contributed by atoms with Crippen LogP contribution in [0.3, 0.4) is 0 Å². The molecule has 1 amide bonds. The Labute approximate surface area is 155 Å². The first kappa shape index (κ1) is 18.0. The smallest absolute Gasteiger partial charge is 0.248 e. The molecule has 0 aromatic carbocycles. The Balaban J connectivity index is 1.21. The minimum absolute atomic E-state index is 0.110. The highest BCUT2D eigenvalue weighted by atomic mass is 16.5. The zero-order chi connectivity index (χ0) is 17.8. The first-order valence-corrected chi connectivity index (χ1v) is 10.3. The summed E-state index contributed by atoms with van der Waals surface area (Å²) in [4.78, 5) is 18.9. The fourth-order valence-electron chi connectivity index (χ4n) is 4.32. The molecule has 1 aromatic heterocycles. The summed E-state index contributed by atoms with van der Waals surface area (Å²) in [5.41, 5.74) is 0. The number of carbonyl (C=O) groups is 1. The van der Waals surface area contributed by atoms with E-state index < -0.39 is 0 Å². The van der Waals surface area contributed by atoms with Crippen LogP contribution < -0.4 is 0 Å². The predicted molar refractivity (Wildman–Crippen MR) is 97.9 cm³/mol. The SMILES string of the molecule is O=C(COCC1CCCO1)N1CCC(c2nccn2CC2CCC2)CC1. The van der Waals surface area contributed by atoms with Gasteiger partial charge < -0.3 is 18.9 Å². The number of likely N-dealkylation sites (tertiary alicyclic amines) is 1. The molecule has 0 radical (unpaired) electrons. The van der Waals surface area contributed by atoms with E-state index >= 15 is 0 Å². The number of ether oxygens (including phenoxy) is 2. The largest absolute Gasteiger partial charge is 0.376 e. The van der Waals surface area contributed by atoms with Crippen molar-refractivity contribution in [1.29, 1.82) is 0 Å². The molecule has 0 N–H and O–H groups in total. The van der Waals surface area contributed by atoms with Gasteiger partial charge in [0.25, 0.3) is 0 Å². The topological polar surface area (TPSA) is 56.6 Å². The van der Waals surface area contributed by atoms with E-state index in [0.717, 1.165) is 57.8 Å². The minimum Gasteiger partial charge on any atom is -0.376 e. The second-order valence-electron chi connectivity index (χ2n) is 8.04. The van der Waals surface area contributed by atoms with Crippen LogP contribution >= 0.6 is 0 Å². The van der Waals surface area contributed by atoms with E-state index in [-0.39, 0.29) is 18.6 Å². The summed E-state index contributed by atoms with van der Waals surface area (Å²) in [6.45, 7) is 4.28. The van der Waals surface area contributed by atoms with Gasteiger partial charge in [-0.3, -0.25) is 4.79 Å². The normalized spacial score (nSPS) is 24.8. The number of piperidine rings is 1. The molecule has 4 rings (SSSR count). The van der Waals surface area contributed by atoms with Gasteiger partial charge >= 0.3 is 0 Å². The Kier molecular flexibility index (Phi) is 5.90. The predicted octanol–water partition coefficient (Wildman–Crippen LogP) is 2.58. The van der Waals surface area contributed by atoms with Crippen LogP contribution in [0, 0.1) is 5.92 Å². The summed E-state index contributed by atoms with van der Waals surface area (Å²) in [6.07, 6.45) is 12.5. The van der Waals surface area contributed by atoms with Crippen molar-refractivity contribution in [2.75, 3.05) is 32.9 Å². The van der Waals surface area contributed by atoms with E-state index in [1.54, 1.807) is 0 Å². The summed E-state index contributed by atoms with van der Waals surface area (Å²) in [5.74, 6) is 2.64. The molecule has 3 fully saturated rings. The van der Waals surface area contributed by atoms with Crippen molar-refractivity contribution in [3.05, 3.63) is 18.2 Å². The van der Waals surface area contributed by atoms with Gasteiger partial charge in [0.15, 0.2) is 0 Å². The molecule has 1 unspecified atom stereocenters. The quantitative estimate of drug-likeness (QED) is 0.749. The Morgan fingerprint density at radius 2 is 2.04 bits per heavy atom. The molecule has 6 nitrogen and oxygen atoms in total. The Bertz CT molecular complexity index is 585. The third kappa shape index (κ3) is 4.29. The fourth-order valence-corrected chi connectivity index (χ4v) is 4.32. The highest BCUT2D eigenvalue weighted by molar-refractivity contribution is 5.77. The van der Waals surface area contributed by atoms with Crippen molar-refractivity contribution in [2.24, 2.45) is 5.92 Å². The maximum absolute atomic E-state index is 12.4. The molecular weight excluding hydrogens is 330 g/mol. The summed E-state index contributed by atoms with van der Waals surface area (Å²) < 4.78 is 13.5. The number of nitrogens with zero attached hydrogens (tertiary/aromatic N) is 3. The van der Waals surface area contributed by atoms with Crippen LogP contribution in [0.25, 0.3) is 0 Å². The average Bonchev–Trinajstić information content (AvgIpc) is 3.30. The number of hydrogen-bond donors (Lipinski definition) is 0. The van der Waals surface area contributed by atoms with Crippen molar-refractivity contribution in [1.82, 2.24) is 14.5 Å². The standard InChI is InChI=1S/C20H31N3O3/c24-19(15-25-14-18-5-2-12-26-18)22-9-6-17(7-10-22)20-21-8-11-23(20)13-16-3-1-4-16/h8,11,16-18H,1-7,9-10,12-15H2. The third-order valence-electron chi connectivity index (χ3n) is 6.19. The third-order valence-corrected chi connectivity index (χ3v) is 6.19. The zero-order valence-corrected chi connectivity index (χ0v) is 15.6. The number of amides is 1. The molecule has 3 heterocycles. The lowest BCUT2D eigenvalue weighted by Crippen LogP contribution is -2.40. The highest BCUT2D eigenvalue weighted by Crippen LogP contribution is 2.31. The van der Waals surface area contributed by atoms with Gasteiger partial charge in [-0.1, -0.05) is 6.42 Å². The summed E-state index contributed by atoms with van der Waals surface area (Å²) in [5, 5.41) is 0. The van der Waals surface area contributed by atoms with Gasteiger partial charge in [0.05, 0.1) is 12.7 Å². The van der Waals surface area contributed by atoms with Gasteiger partial charge in [-0.15, -0.1) is 0 Å². The lowest BCUT2D eigenvalue weighted by Gasteiger charge is -2.33. The number of rotatable bonds is 7. The summed E-state index contributed by atoms with van der Waals surface area (Å²) in [6, 6.07) is 0. The Morgan fingerprint density at radius 1 is 1.19 bits per heavy atom. The number of imidazole rings is 1. The molecule has 6 heteroatoms. The molecule has 0 bridgehead atoms. The maximum Gasteiger partial charge on any atom is 0.248 e.